The van der Waals surface area contributed by atoms with Crippen LogP contribution in [0.2, 0.25) is 0 Å². The lowest BCUT2D eigenvalue weighted by Gasteiger charge is -2.42. The van der Waals surface area contributed by atoms with Crippen molar-refractivity contribution in [2.24, 2.45) is 5.41 Å². The van der Waals surface area contributed by atoms with Gasteiger partial charge < -0.3 is 0 Å². The maximum Gasteiger partial charge on any atom is 0.0118 e. The molecule has 2 atom stereocenters. The predicted octanol–water partition coefficient (Wildman–Crippen LogP) is 11.4. The standard InChI is InChI=1S/C37H52/c1-7-11-13-19-27-21-15-23-31-33(27)25-29(17-9-3)35(31)37(5,6)36-30(18-10-4)26-34-28(20-14-12-8-2)22-16-24-32(34)36/h15-16,21-26,35-36H,7-14,17-20H2,1-6H3. The lowest BCUT2D eigenvalue weighted by Crippen LogP contribution is -2.30. The largest absolute Gasteiger partial charge is 0.0654 e. The quantitative estimate of drug-likeness (QED) is 0.228. The molecule has 0 saturated heterocycles. The van der Waals surface area contributed by atoms with Gasteiger partial charge in [0, 0.05) is 11.8 Å². The van der Waals surface area contributed by atoms with Crippen molar-refractivity contribution in [1.29, 1.82) is 0 Å². The number of allylic oxidation sites excluding steroid dienone is 2. The Kier molecular flexibility index (Phi) is 9.55. The van der Waals surface area contributed by atoms with Crippen molar-refractivity contribution in [3.8, 4) is 0 Å². The van der Waals surface area contributed by atoms with Crippen LogP contribution in [0.15, 0.2) is 47.5 Å². The summed E-state index contributed by atoms with van der Waals surface area (Å²) in [4.78, 5) is 0. The molecule has 0 amide bonds. The zero-order valence-electron chi connectivity index (χ0n) is 24.8. The van der Waals surface area contributed by atoms with Gasteiger partial charge in [0.05, 0.1) is 0 Å². The topological polar surface area (TPSA) is 0 Å². The summed E-state index contributed by atoms with van der Waals surface area (Å²) in [6, 6.07) is 14.4. The van der Waals surface area contributed by atoms with Gasteiger partial charge in [-0.15, -0.1) is 0 Å². The van der Waals surface area contributed by atoms with Crippen molar-refractivity contribution in [3.05, 3.63) is 80.9 Å². The summed E-state index contributed by atoms with van der Waals surface area (Å²) in [5.41, 5.74) is 13.0. The molecule has 0 heterocycles. The van der Waals surface area contributed by atoms with Crippen LogP contribution in [0.5, 0.6) is 0 Å². The Morgan fingerprint density at radius 3 is 1.35 bits per heavy atom. The molecule has 2 unspecified atom stereocenters. The molecule has 0 spiro atoms. The zero-order valence-corrected chi connectivity index (χ0v) is 24.8. The Hall–Kier alpha value is -2.08. The van der Waals surface area contributed by atoms with Gasteiger partial charge in [-0.3, -0.25) is 0 Å². The van der Waals surface area contributed by atoms with E-state index in [0.717, 1.165) is 0 Å². The second-order valence-corrected chi connectivity index (χ2v) is 12.4. The molecule has 0 bridgehead atoms. The molecular weight excluding hydrogens is 444 g/mol. The molecule has 0 nitrogen and oxygen atoms in total. The van der Waals surface area contributed by atoms with E-state index in [1.54, 1.807) is 44.5 Å². The van der Waals surface area contributed by atoms with Gasteiger partial charge in [-0.1, -0.05) is 140 Å². The molecule has 0 aliphatic heterocycles. The van der Waals surface area contributed by atoms with Crippen molar-refractivity contribution in [2.45, 2.75) is 130 Å². The summed E-state index contributed by atoms with van der Waals surface area (Å²) in [7, 11) is 0. The minimum absolute atomic E-state index is 0.128. The SMILES string of the molecule is CCCCCc1cccc2c1C=C(CCC)C2C(C)(C)C1C(CCC)=Cc2c(CCCCC)cccc21. The third-order valence-electron chi connectivity index (χ3n) is 9.15. The van der Waals surface area contributed by atoms with Crippen molar-refractivity contribution < 1.29 is 0 Å². The summed E-state index contributed by atoms with van der Waals surface area (Å²) in [6.45, 7) is 14.5. The van der Waals surface area contributed by atoms with Crippen LogP contribution in [-0.2, 0) is 12.8 Å². The molecule has 0 fully saturated rings. The van der Waals surface area contributed by atoms with Crippen molar-refractivity contribution >= 4 is 12.2 Å². The highest BCUT2D eigenvalue weighted by molar-refractivity contribution is 5.73. The Morgan fingerprint density at radius 2 is 0.973 bits per heavy atom. The third-order valence-corrected chi connectivity index (χ3v) is 9.15. The maximum absolute atomic E-state index is 2.62. The second kappa shape index (κ2) is 12.6. The molecule has 2 aromatic rings. The normalized spacial score (nSPS) is 18.5. The summed E-state index contributed by atoms with van der Waals surface area (Å²) in [5, 5.41) is 0. The van der Waals surface area contributed by atoms with Gasteiger partial charge in [-0.25, -0.2) is 0 Å². The predicted molar refractivity (Wildman–Crippen MR) is 164 cm³/mol. The van der Waals surface area contributed by atoms with Gasteiger partial charge in [-0.05, 0) is 77.3 Å². The van der Waals surface area contributed by atoms with Crippen LogP contribution in [0.1, 0.15) is 151 Å². The minimum atomic E-state index is 0.128. The molecule has 0 saturated carbocycles. The van der Waals surface area contributed by atoms with E-state index in [4.69, 9.17) is 0 Å². The average molecular weight is 497 g/mol. The molecule has 0 heteroatoms. The maximum atomic E-state index is 2.62. The van der Waals surface area contributed by atoms with E-state index in [0.29, 0.717) is 11.8 Å². The number of fused-ring (bicyclic) bond motifs is 2. The number of hydrogen-bond donors (Lipinski definition) is 0. The molecule has 37 heavy (non-hydrogen) atoms. The molecule has 0 N–H and O–H groups in total. The Bertz CT molecular complexity index is 1020. The van der Waals surface area contributed by atoms with Crippen LogP contribution in [0, 0.1) is 5.41 Å². The van der Waals surface area contributed by atoms with E-state index in [1.165, 1.54) is 77.0 Å². The lowest BCUT2D eigenvalue weighted by molar-refractivity contribution is 0.268. The summed E-state index contributed by atoms with van der Waals surface area (Å²) in [6.07, 6.45) is 20.4. The third kappa shape index (κ3) is 5.69. The second-order valence-electron chi connectivity index (χ2n) is 12.4. The number of aryl methyl sites for hydroxylation is 2. The van der Waals surface area contributed by atoms with Crippen molar-refractivity contribution in [3.63, 3.8) is 0 Å². The van der Waals surface area contributed by atoms with E-state index >= 15 is 0 Å². The summed E-state index contributed by atoms with van der Waals surface area (Å²) >= 11 is 0. The number of rotatable bonds is 14. The van der Waals surface area contributed by atoms with E-state index < -0.39 is 0 Å². The number of hydrogen-bond acceptors (Lipinski definition) is 0. The summed E-state index contributed by atoms with van der Waals surface area (Å²) < 4.78 is 0. The Balaban J connectivity index is 1.76. The van der Waals surface area contributed by atoms with Gasteiger partial charge in [0.1, 0.15) is 0 Å². The van der Waals surface area contributed by atoms with E-state index in [2.05, 4.69) is 90.1 Å². The molecular formula is C37H52. The summed E-state index contributed by atoms with van der Waals surface area (Å²) in [5.74, 6) is 0.988. The molecule has 2 aliphatic rings. The first-order valence-corrected chi connectivity index (χ1v) is 15.6. The van der Waals surface area contributed by atoms with Crippen molar-refractivity contribution in [1.82, 2.24) is 0 Å². The molecule has 2 aliphatic carbocycles. The Morgan fingerprint density at radius 1 is 0.541 bits per heavy atom. The van der Waals surface area contributed by atoms with Crippen LogP contribution in [0.4, 0.5) is 0 Å². The fourth-order valence-corrected chi connectivity index (χ4v) is 7.56. The van der Waals surface area contributed by atoms with E-state index in [9.17, 15) is 0 Å². The zero-order chi connectivity index (χ0) is 26.4. The molecule has 0 aromatic heterocycles. The number of unbranched alkanes of at least 4 members (excludes halogenated alkanes) is 4. The molecule has 2 aromatic carbocycles. The fourth-order valence-electron chi connectivity index (χ4n) is 7.56. The van der Waals surface area contributed by atoms with Gasteiger partial charge in [0.25, 0.3) is 0 Å². The smallest absolute Gasteiger partial charge is 0.0118 e. The van der Waals surface area contributed by atoms with Crippen LogP contribution < -0.4 is 0 Å². The molecule has 0 radical (unpaired) electrons. The minimum Gasteiger partial charge on any atom is -0.0654 e. The fraction of sp³-hybridized carbons (Fsp3) is 0.568. The highest BCUT2D eigenvalue weighted by Crippen LogP contribution is 2.60. The van der Waals surface area contributed by atoms with E-state index in [1.807, 2.05) is 0 Å². The van der Waals surface area contributed by atoms with Crippen LogP contribution in [-0.4, -0.2) is 0 Å². The van der Waals surface area contributed by atoms with Gasteiger partial charge in [0.2, 0.25) is 0 Å². The van der Waals surface area contributed by atoms with E-state index in [-0.39, 0.29) is 5.41 Å². The highest BCUT2D eigenvalue weighted by atomic mass is 14.5. The first-order valence-electron chi connectivity index (χ1n) is 15.6. The highest BCUT2D eigenvalue weighted by Gasteiger charge is 2.46. The van der Waals surface area contributed by atoms with Crippen LogP contribution >= 0.6 is 0 Å². The van der Waals surface area contributed by atoms with Crippen LogP contribution in [0.3, 0.4) is 0 Å². The monoisotopic (exact) mass is 496 g/mol. The lowest BCUT2D eigenvalue weighted by atomic mass is 9.61. The van der Waals surface area contributed by atoms with Gasteiger partial charge >= 0.3 is 0 Å². The molecule has 4 rings (SSSR count). The van der Waals surface area contributed by atoms with Crippen LogP contribution in [0.25, 0.3) is 12.2 Å². The molecule has 200 valence electrons. The average Bonchev–Trinajstić information content (AvgIpc) is 3.44. The number of benzene rings is 2. The first kappa shape index (κ1) is 27.9. The first-order chi connectivity index (χ1) is 18.0. The van der Waals surface area contributed by atoms with Crippen molar-refractivity contribution in [2.75, 3.05) is 0 Å². The van der Waals surface area contributed by atoms with Gasteiger partial charge in [0.15, 0.2) is 0 Å². The Labute approximate surface area is 228 Å². The van der Waals surface area contributed by atoms with Gasteiger partial charge in [-0.2, -0.15) is 0 Å².